The molecular weight excluding hydrogens is 256 g/mol. The van der Waals surface area contributed by atoms with E-state index in [9.17, 15) is 0 Å². The van der Waals surface area contributed by atoms with E-state index in [1.54, 1.807) is 11.3 Å². The largest absolute Gasteiger partial charge is 0.384 e. The Labute approximate surface area is 116 Å². The maximum Gasteiger partial charge on any atom is 0.104 e. The third-order valence-corrected chi connectivity index (χ3v) is 4.37. The van der Waals surface area contributed by atoms with E-state index in [2.05, 4.69) is 27.5 Å². The summed E-state index contributed by atoms with van der Waals surface area (Å²) >= 11 is 1.69. The topological polar surface area (TPSA) is 38.0 Å². The van der Waals surface area contributed by atoms with Gasteiger partial charge >= 0.3 is 0 Å². The van der Waals surface area contributed by atoms with Crippen LogP contribution in [0.4, 0.5) is 0 Å². The lowest BCUT2D eigenvalue weighted by atomic mass is 10.0. The van der Waals surface area contributed by atoms with Crippen molar-refractivity contribution in [3.63, 3.8) is 0 Å². The second-order valence-corrected chi connectivity index (χ2v) is 5.87. The summed E-state index contributed by atoms with van der Waals surface area (Å²) in [4.78, 5) is 6.81. The second-order valence-electron chi connectivity index (χ2n) is 4.70. The van der Waals surface area contributed by atoms with Crippen molar-refractivity contribution in [3.8, 4) is 11.8 Å². The molecule has 0 fully saturated rings. The van der Waals surface area contributed by atoms with E-state index in [1.807, 2.05) is 12.4 Å². The predicted molar refractivity (Wildman–Crippen MR) is 76.3 cm³/mol. The molecule has 2 aromatic heterocycles. The van der Waals surface area contributed by atoms with Crippen LogP contribution in [0.25, 0.3) is 0 Å². The molecule has 0 unspecified atom stereocenters. The number of imidazole rings is 1. The molecule has 0 saturated carbocycles. The van der Waals surface area contributed by atoms with Gasteiger partial charge in [0.05, 0.1) is 23.4 Å². The van der Waals surface area contributed by atoms with Crippen molar-refractivity contribution in [2.24, 2.45) is 0 Å². The molecule has 0 spiro atoms. The van der Waals surface area contributed by atoms with Crippen LogP contribution in [-0.4, -0.2) is 21.3 Å². The zero-order valence-corrected chi connectivity index (χ0v) is 11.5. The van der Waals surface area contributed by atoms with Crippen LogP contribution in [-0.2, 0) is 19.4 Å². The maximum absolute atomic E-state index is 8.69. The third kappa shape index (κ3) is 2.73. The number of aliphatic hydroxyl groups excluding tert-OH is 1. The van der Waals surface area contributed by atoms with Gasteiger partial charge < -0.3 is 9.67 Å². The molecule has 1 aliphatic carbocycles. The zero-order valence-electron chi connectivity index (χ0n) is 10.7. The van der Waals surface area contributed by atoms with Gasteiger partial charge in [0, 0.05) is 10.6 Å². The van der Waals surface area contributed by atoms with Gasteiger partial charge in [0.2, 0.25) is 0 Å². The molecule has 0 saturated heterocycles. The van der Waals surface area contributed by atoms with Gasteiger partial charge in [-0.25, -0.2) is 4.98 Å². The van der Waals surface area contributed by atoms with Crippen molar-refractivity contribution in [1.82, 2.24) is 9.55 Å². The summed E-state index contributed by atoms with van der Waals surface area (Å²) in [6.07, 6.45) is 6.78. The summed E-state index contributed by atoms with van der Waals surface area (Å²) in [6, 6.07) is 4.13. The van der Waals surface area contributed by atoms with Gasteiger partial charge in [0.1, 0.15) is 6.61 Å². The van der Waals surface area contributed by atoms with E-state index in [-0.39, 0.29) is 6.61 Å². The Morgan fingerprint density at radius 1 is 1.32 bits per heavy atom. The van der Waals surface area contributed by atoms with Gasteiger partial charge in [0.25, 0.3) is 0 Å². The first kappa shape index (κ1) is 12.5. The molecule has 0 aromatic carbocycles. The highest BCUT2D eigenvalue weighted by atomic mass is 32.1. The van der Waals surface area contributed by atoms with Gasteiger partial charge in [-0.1, -0.05) is 11.8 Å². The van der Waals surface area contributed by atoms with Crippen LogP contribution in [0, 0.1) is 11.8 Å². The van der Waals surface area contributed by atoms with Crippen LogP contribution in [0.5, 0.6) is 0 Å². The fourth-order valence-electron chi connectivity index (χ4n) is 2.49. The summed E-state index contributed by atoms with van der Waals surface area (Å²) in [6.45, 7) is 0.802. The van der Waals surface area contributed by atoms with Gasteiger partial charge in [-0.3, -0.25) is 0 Å². The predicted octanol–water partition coefficient (Wildman–Crippen LogP) is 2.22. The molecule has 3 nitrogen and oxygen atoms in total. The standard InChI is InChI=1S/C15H16N2OS/c18-9-3-4-12-7-8-13(19-12)10-17-11-16-14-5-1-2-6-15(14)17/h7-8,11,18H,1-2,5-6,9-10H2. The molecule has 0 amide bonds. The van der Waals surface area contributed by atoms with Crippen LogP contribution in [0.15, 0.2) is 18.5 Å². The number of aromatic nitrogens is 2. The molecule has 0 aliphatic heterocycles. The number of thiophene rings is 1. The number of hydrogen-bond acceptors (Lipinski definition) is 3. The molecule has 19 heavy (non-hydrogen) atoms. The molecule has 1 N–H and O–H groups in total. The molecular formula is C15H16N2OS. The highest BCUT2D eigenvalue weighted by molar-refractivity contribution is 7.12. The highest BCUT2D eigenvalue weighted by Gasteiger charge is 2.15. The van der Waals surface area contributed by atoms with Crippen molar-refractivity contribution in [2.45, 2.75) is 32.2 Å². The quantitative estimate of drug-likeness (QED) is 0.851. The van der Waals surface area contributed by atoms with Crippen molar-refractivity contribution >= 4 is 11.3 Å². The van der Waals surface area contributed by atoms with E-state index in [0.717, 1.165) is 24.3 Å². The van der Waals surface area contributed by atoms with Gasteiger partial charge in [-0.15, -0.1) is 11.3 Å². The van der Waals surface area contributed by atoms with E-state index in [4.69, 9.17) is 5.11 Å². The van der Waals surface area contributed by atoms with Crippen molar-refractivity contribution < 1.29 is 5.11 Å². The average Bonchev–Trinajstić information content (AvgIpc) is 3.05. The minimum Gasteiger partial charge on any atom is -0.384 e. The monoisotopic (exact) mass is 272 g/mol. The first-order valence-electron chi connectivity index (χ1n) is 6.58. The highest BCUT2D eigenvalue weighted by Crippen LogP contribution is 2.23. The van der Waals surface area contributed by atoms with Gasteiger partial charge in [-0.2, -0.15) is 0 Å². The van der Waals surface area contributed by atoms with Crippen LogP contribution in [0.2, 0.25) is 0 Å². The average molecular weight is 272 g/mol. The lowest BCUT2D eigenvalue weighted by Gasteiger charge is -2.13. The molecule has 1 aliphatic rings. The Morgan fingerprint density at radius 3 is 3.11 bits per heavy atom. The Bertz CT molecular complexity index is 630. The first-order chi connectivity index (χ1) is 9.36. The number of nitrogens with zero attached hydrogens (tertiary/aromatic N) is 2. The Balaban J connectivity index is 1.78. The van der Waals surface area contributed by atoms with E-state index < -0.39 is 0 Å². The molecule has 4 heteroatoms. The summed E-state index contributed by atoms with van der Waals surface area (Å²) in [7, 11) is 0. The third-order valence-electron chi connectivity index (χ3n) is 3.39. The Hall–Kier alpha value is -1.57. The summed E-state index contributed by atoms with van der Waals surface area (Å²) in [5.41, 5.74) is 2.69. The number of rotatable bonds is 2. The number of fused-ring (bicyclic) bond motifs is 1. The van der Waals surface area contributed by atoms with Crippen LogP contribution < -0.4 is 0 Å². The molecule has 2 heterocycles. The number of aryl methyl sites for hydroxylation is 1. The summed E-state index contributed by atoms with van der Waals surface area (Å²) in [5.74, 6) is 5.63. The first-order valence-corrected chi connectivity index (χ1v) is 7.40. The lowest BCUT2D eigenvalue weighted by molar-refractivity contribution is 0.350. The smallest absolute Gasteiger partial charge is 0.104 e. The second kappa shape index (κ2) is 5.60. The molecule has 0 radical (unpaired) electrons. The molecule has 0 bridgehead atoms. The fraction of sp³-hybridized carbons (Fsp3) is 0.400. The minimum absolute atomic E-state index is 0.0811. The molecule has 2 aromatic rings. The fourth-order valence-corrected chi connectivity index (χ4v) is 3.37. The number of aliphatic hydroxyl groups is 1. The van der Waals surface area contributed by atoms with Gasteiger partial charge in [-0.05, 0) is 37.8 Å². The van der Waals surface area contributed by atoms with Crippen molar-refractivity contribution in [3.05, 3.63) is 39.6 Å². The van der Waals surface area contributed by atoms with E-state index in [0.29, 0.717) is 0 Å². The summed E-state index contributed by atoms with van der Waals surface area (Å²) < 4.78 is 2.27. The molecule has 98 valence electrons. The Kier molecular flexibility index (Phi) is 3.67. The minimum atomic E-state index is -0.0811. The molecule has 3 rings (SSSR count). The van der Waals surface area contributed by atoms with Crippen LogP contribution in [0.1, 0.15) is 34.0 Å². The number of hydrogen-bond donors (Lipinski definition) is 1. The normalized spacial score (nSPS) is 13.7. The maximum atomic E-state index is 8.69. The Morgan fingerprint density at radius 2 is 2.21 bits per heavy atom. The lowest BCUT2D eigenvalue weighted by Crippen LogP contribution is -2.08. The van der Waals surface area contributed by atoms with Crippen molar-refractivity contribution in [2.75, 3.05) is 6.61 Å². The SMILES string of the molecule is OCC#Cc1ccc(Cn2cnc3c2CCCC3)s1. The summed E-state index contributed by atoms with van der Waals surface area (Å²) in [5, 5.41) is 8.69. The van der Waals surface area contributed by atoms with Crippen molar-refractivity contribution in [1.29, 1.82) is 0 Å². The van der Waals surface area contributed by atoms with Gasteiger partial charge in [0.15, 0.2) is 0 Å². The van der Waals surface area contributed by atoms with E-state index in [1.165, 1.54) is 29.1 Å². The van der Waals surface area contributed by atoms with Crippen LogP contribution in [0.3, 0.4) is 0 Å². The molecule has 0 atom stereocenters. The zero-order chi connectivity index (χ0) is 13.1. The van der Waals surface area contributed by atoms with E-state index >= 15 is 0 Å². The van der Waals surface area contributed by atoms with Crippen LogP contribution >= 0.6 is 11.3 Å².